The number of fused-ring (bicyclic) bond motifs is 1. The van der Waals surface area contributed by atoms with Crippen LogP contribution in [0.3, 0.4) is 0 Å². The zero-order chi connectivity index (χ0) is 10.1. The molecule has 0 spiro atoms. The summed E-state index contributed by atoms with van der Waals surface area (Å²) in [7, 11) is 0. The predicted molar refractivity (Wildman–Crippen MR) is 56.0 cm³/mol. The summed E-state index contributed by atoms with van der Waals surface area (Å²) in [6, 6.07) is 4.55. The SMILES string of the molecule is NCCn1cc(Cl)c2ccc(F)cc21. The van der Waals surface area contributed by atoms with Crippen LogP contribution in [0.25, 0.3) is 10.9 Å². The van der Waals surface area contributed by atoms with Gasteiger partial charge in [0.2, 0.25) is 0 Å². The molecule has 0 fully saturated rings. The number of nitrogens with zero attached hydrogens (tertiary/aromatic N) is 1. The first-order valence-electron chi connectivity index (χ1n) is 4.36. The summed E-state index contributed by atoms with van der Waals surface area (Å²) in [4.78, 5) is 0. The Kier molecular flexibility index (Phi) is 2.44. The van der Waals surface area contributed by atoms with E-state index in [9.17, 15) is 4.39 Å². The van der Waals surface area contributed by atoms with Crippen molar-refractivity contribution < 1.29 is 4.39 Å². The van der Waals surface area contributed by atoms with Crippen molar-refractivity contribution in [2.75, 3.05) is 6.54 Å². The maximum absolute atomic E-state index is 13.0. The molecule has 2 nitrogen and oxygen atoms in total. The van der Waals surface area contributed by atoms with Crippen LogP contribution in [0.5, 0.6) is 0 Å². The molecule has 0 radical (unpaired) electrons. The second kappa shape index (κ2) is 3.59. The number of rotatable bonds is 2. The van der Waals surface area contributed by atoms with Gasteiger partial charge in [0.15, 0.2) is 0 Å². The molecule has 1 aromatic heterocycles. The van der Waals surface area contributed by atoms with Crippen molar-refractivity contribution in [3.63, 3.8) is 0 Å². The Balaban J connectivity index is 2.66. The average Bonchev–Trinajstić information content (AvgIpc) is 2.44. The van der Waals surface area contributed by atoms with Gasteiger partial charge in [-0.25, -0.2) is 4.39 Å². The van der Waals surface area contributed by atoms with E-state index in [1.165, 1.54) is 12.1 Å². The summed E-state index contributed by atoms with van der Waals surface area (Å²) < 4.78 is 14.8. The molecule has 2 aromatic rings. The number of hydrogen-bond donors (Lipinski definition) is 1. The predicted octanol–water partition coefficient (Wildman–Crippen LogP) is 2.39. The van der Waals surface area contributed by atoms with Gasteiger partial charge in [-0.1, -0.05) is 11.6 Å². The van der Waals surface area contributed by atoms with E-state index < -0.39 is 0 Å². The normalized spacial score (nSPS) is 11.1. The minimum Gasteiger partial charge on any atom is -0.345 e. The Bertz CT molecular complexity index is 464. The zero-order valence-corrected chi connectivity index (χ0v) is 8.26. The topological polar surface area (TPSA) is 30.9 Å². The van der Waals surface area contributed by atoms with E-state index in [0.717, 1.165) is 10.9 Å². The quantitative estimate of drug-likeness (QED) is 0.814. The summed E-state index contributed by atoms with van der Waals surface area (Å²) in [6.07, 6.45) is 1.78. The molecular formula is C10H10ClFN2. The Morgan fingerprint density at radius 2 is 2.21 bits per heavy atom. The molecule has 0 saturated heterocycles. The maximum atomic E-state index is 13.0. The fourth-order valence-electron chi connectivity index (χ4n) is 1.54. The van der Waals surface area contributed by atoms with Crippen LogP contribution in [0, 0.1) is 5.82 Å². The van der Waals surface area contributed by atoms with Gasteiger partial charge >= 0.3 is 0 Å². The fraction of sp³-hybridized carbons (Fsp3) is 0.200. The highest BCUT2D eigenvalue weighted by Crippen LogP contribution is 2.26. The van der Waals surface area contributed by atoms with Crippen molar-refractivity contribution in [1.29, 1.82) is 0 Å². The molecule has 0 saturated carbocycles. The van der Waals surface area contributed by atoms with Gasteiger partial charge in [0.1, 0.15) is 5.82 Å². The first kappa shape index (κ1) is 9.49. The molecule has 0 aliphatic heterocycles. The largest absolute Gasteiger partial charge is 0.345 e. The maximum Gasteiger partial charge on any atom is 0.125 e. The molecule has 1 aromatic carbocycles. The molecule has 1 heterocycles. The number of hydrogen-bond acceptors (Lipinski definition) is 1. The lowest BCUT2D eigenvalue weighted by Gasteiger charge is -2.01. The van der Waals surface area contributed by atoms with Gasteiger partial charge in [-0.05, 0) is 18.2 Å². The van der Waals surface area contributed by atoms with Crippen molar-refractivity contribution in [2.24, 2.45) is 5.73 Å². The third kappa shape index (κ3) is 1.49. The van der Waals surface area contributed by atoms with Crippen molar-refractivity contribution in [2.45, 2.75) is 6.54 Å². The van der Waals surface area contributed by atoms with Gasteiger partial charge in [0.05, 0.1) is 10.5 Å². The zero-order valence-electron chi connectivity index (χ0n) is 7.50. The van der Waals surface area contributed by atoms with Crippen LogP contribution < -0.4 is 5.73 Å². The number of halogens is 2. The van der Waals surface area contributed by atoms with E-state index in [2.05, 4.69) is 0 Å². The minimum absolute atomic E-state index is 0.259. The second-order valence-corrected chi connectivity index (χ2v) is 3.53. The molecule has 2 N–H and O–H groups in total. The second-order valence-electron chi connectivity index (χ2n) is 3.12. The smallest absolute Gasteiger partial charge is 0.125 e. The van der Waals surface area contributed by atoms with Crippen LogP contribution >= 0.6 is 11.6 Å². The van der Waals surface area contributed by atoms with Crippen LogP contribution in [0.2, 0.25) is 5.02 Å². The standard InChI is InChI=1S/C10H10ClFN2/c11-9-6-14(4-3-13)10-5-7(12)1-2-8(9)10/h1-2,5-6H,3-4,13H2. The lowest BCUT2D eigenvalue weighted by Crippen LogP contribution is -2.08. The van der Waals surface area contributed by atoms with Crippen LogP contribution in [0.15, 0.2) is 24.4 Å². The Labute approximate surface area is 86.1 Å². The van der Waals surface area contributed by atoms with Gasteiger partial charge in [0, 0.05) is 24.7 Å². The number of nitrogens with two attached hydrogens (primary N) is 1. The van der Waals surface area contributed by atoms with Crippen LogP contribution in [0.4, 0.5) is 4.39 Å². The molecule has 0 unspecified atom stereocenters. The van der Waals surface area contributed by atoms with Gasteiger partial charge < -0.3 is 10.3 Å². The highest BCUT2D eigenvalue weighted by molar-refractivity contribution is 6.35. The molecule has 4 heteroatoms. The van der Waals surface area contributed by atoms with Crippen LogP contribution in [-0.4, -0.2) is 11.1 Å². The summed E-state index contributed by atoms with van der Waals surface area (Å²) in [5.74, 6) is -0.259. The van der Waals surface area contributed by atoms with Crippen molar-refractivity contribution in [1.82, 2.24) is 4.57 Å². The van der Waals surface area contributed by atoms with Crippen LogP contribution in [0.1, 0.15) is 0 Å². The van der Waals surface area contributed by atoms with Crippen molar-refractivity contribution in [3.05, 3.63) is 35.2 Å². The molecule has 74 valence electrons. The molecule has 0 aliphatic rings. The van der Waals surface area contributed by atoms with Crippen molar-refractivity contribution >= 4 is 22.5 Å². The summed E-state index contributed by atoms with van der Waals surface area (Å²) in [5.41, 5.74) is 6.23. The van der Waals surface area contributed by atoms with Gasteiger partial charge in [-0.3, -0.25) is 0 Å². The van der Waals surface area contributed by atoms with E-state index in [4.69, 9.17) is 17.3 Å². The van der Waals surface area contributed by atoms with E-state index in [1.807, 2.05) is 4.57 Å². The Hall–Kier alpha value is -1.06. The van der Waals surface area contributed by atoms with E-state index in [1.54, 1.807) is 12.3 Å². The Morgan fingerprint density at radius 1 is 1.43 bits per heavy atom. The number of benzene rings is 1. The highest BCUT2D eigenvalue weighted by Gasteiger charge is 2.06. The Morgan fingerprint density at radius 3 is 2.93 bits per heavy atom. The highest BCUT2D eigenvalue weighted by atomic mass is 35.5. The van der Waals surface area contributed by atoms with Crippen molar-refractivity contribution in [3.8, 4) is 0 Å². The van der Waals surface area contributed by atoms with Crippen LogP contribution in [-0.2, 0) is 6.54 Å². The first-order valence-corrected chi connectivity index (χ1v) is 4.74. The van der Waals surface area contributed by atoms with E-state index in [-0.39, 0.29) is 5.82 Å². The molecule has 0 aliphatic carbocycles. The summed E-state index contributed by atoms with van der Waals surface area (Å²) in [5, 5.41) is 1.50. The lowest BCUT2D eigenvalue weighted by molar-refractivity contribution is 0.627. The van der Waals surface area contributed by atoms with Gasteiger partial charge in [-0.15, -0.1) is 0 Å². The third-order valence-corrected chi connectivity index (χ3v) is 2.47. The third-order valence-electron chi connectivity index (χ3n) is 2.17. The minimum atomic E-state index is -0.259. The summed E-state index contributed by atoms with van der Waals surface area (Å²) in [6.45, 7) is 1.16. The monoisotopic (exact) mass is 212 g/mol. The first-order chi connectivity index (χ1) is 6.72. The van der Waals surface area contributed by atoms with E-state index in [0.29, 0.717) is 18.1 Å². The fourth-order valence-corrected chi connectivity index (χ4v) is 1.82. The summed E-state index contributed by atoms with van der Waals surface area (Å²) >= 11 is 5.98. The lowest BCUT2D eigenvalue weighted by atomic mass is 10.2. The number of aromatic nitrogens is 1. The average molecular weight is 213 g/mol. The van der Waals surface area contributed by atoms with E-state index >= 15 is 0 Å². The molecule has 0 atom stereocenters. The molecule has 0 bridgehead atoms. The molecule has 14 heavy (non-hydrogen) atoms. The van der Waals surface area contributed by atoms with Gasteiger partial charge in [-0.2, -0.15) is 0 Å². The molecule has 2 rings (SSSR count). The molecule has 0 amide bonds. The molecular weight excluding hydrogens is 203 g/mol. The van der Waals surface area contributed by atoms with Gasteiger partial charge in [0.25, 0.3) is 0 Å².